The smallest absolute Gasteiger partial charge is 0.282 e. The van der Waals surface area contributed by atoms with Crippen LogP contribution in [0.5, 0.6) is 0 Å². The monoisotopic (exact) mass is 284 g/mol. The predicted octanol–water partition coefficient (Wildman–Crippen LogP) is 1.30. The largest absolute Gasteiger partial charge is 0.380 e. The van der Waals surface area contributed by atoms with E-state index in [9.17, 15) is 30.1 Å². The Morgan fingerprint density at radius 3 is 2.35 bits per heavy atom. The van der Waals surface area contributed by atoms with Crippen LogP contribution in [0.4, 0.5) is 0 Å². The number of nitrogens with zero attached hydrogens (tertiary/aromatic N) is 2. The van der Waals surface area contributed by atoms with Gasteiger partial charge in [-0.25, -0.2) is 0 Å². The van der Waals surface area contributed by atoms with E-state index in [2.05, 4.69) is 0 Å². The molecule has 0 amide bonds. The highest BCUT2D eigenvalue weighted by Crippen LogP contribution is 2.43. The Kier molecular flexibility index (Phi) is 4.39. The average molecular weight is 284 g/mol. The third-order valence-electron chi connectivity index (χ3n) is 3.87. The maximum atomic E-state index is 12.0. The molecule has 1 rings (SSSR count). The van der Waals surface area contributed by atoms with E-state index in [-0.39, 0.29) is 0 Å². The lowest BCUT2D eigenvalue weighted by molar-refractivity contribution is -0.448. The number of Topliss-reactive ketones (excluding diaryl/α,β-unsaturated/α-hetero) is 1. The lowest BCUT2D eigenvalue weighted by Gasteiger charge is -2.37. The standard InChI is InChI=1S/C12H16N2O6/c1-4-7(2)12(8(3)15)6-9(13(17)18)5-10(11(12)16)14(19)20/h5-7,11,16H,4H2,1-3H3. The van der Waals surface area contributed by atoms with Crippen molar-refractivity contribution in [3.8, 4) is 0 Å². The molecule has 0 aromatic carbocycles. The zero-order valence-electron chi connectivity index (χ0n) is 11.4. The molecule has 110 valence electrons. The predicted molar refractivity (Wildman–Crippen MR) is 68.7 cm³/mol. The van der Waals surface area contributed by atoms with Crippen LogP contribution in [0.2, 0.25) is 0 Å². The number of hydrogen-bond acceptors (Lipinski definition) is 6. The van der Waals surface area contributed by atoms with Crippen molar-refractivity contribution in [3.05, 3.63) is 43.8 Å². The third-order valence-corrected chi connectivity index (χ3v) is 3.87. The molecule has 0 spiro atoms. The van der Waals surface area contributed by atoms with Gasteiger partial charge in [-0.3, -0.25) is 25.0 Å². The molecule has 3 unspecified atom stereocenters. The van der Waals surface area contributed by atoms with Gasteiger partial charge in [0, 0.05) is 6.08 Å². The van der Waals surface area contributed by atoms with Crippen LogP contribution in [0.1, 0.15) is 27.2 Å². The number of nitro groups is 2. The van der Waals surface area contributed by atoms with Crippen molar-refractivity contribution in [1.29, 1.82) is 0 Å². The number of carbonyl (C=O) groups excluding carboxylic acids is 1. The Morgan fingerprint density at radius 2 is 2.00 bits per heavy atom. The van der Waals surface area contributed by atoms with Crippen LogP contribution in [0.25, 0.3) is 0 Å². The molecule has 0 heterocycles. The van der Waals surface area contributed by atoms with Crippen LogP contribution in [0.3, 0.4) is 0 Å². The van der Waals surface area contributed by atoms with Gasteiger partial charge < -0.3 is 5.11 Å². The number of carbonyl (C=O) groups is 1. The topological polar surface area (TPSA) is 124 Å². The Labute approximate surface area is 115 Å². The fourth-order valence-electron chi connectivity index (χ4n) is 2.49. The van der Waals surface area contributed by atoms with Gasteiger partial charge in [0.1, 0.15) is 5.78 Å². The van der Waals surface area contributed by atoms with Crippen LogP contribution < -0.4 is 0 Å². The fraction of sp³-hybridized carbons (Fsp3) is 0.583. The highest BCUT2D eigenvalue weighted by atomic mass is 16.6. The molecule has 0 aromatic rings. The van der Waals surface area contributed by atoms with E-state index in [1.807, 2.05) is 0 Å². The van der Waals surface area contributed by atoms with Crippen molar-refractivity contribution >= 4 is 5.78 Å². The van der Waals surface area contributed by atoms with Crippen LogP contribution >= 0.6 is 0 Å². The summed E-state index contributed by atoms with van der Waals surface area (Å²) in [5.74, 6) is -1.01. The summed E-state index contributed by atoms with van der Waals surface area (Å²) in [6, 6.07) is 0. The summed E-state index contributed by atoms with van der Waals surface area (Å²) in [7, 11) is 0. The van der Waals surface area contributed by atoms with E-state index in [0.717, 1.165) is 6.08 Å². The molecule has 0 aromatic heterocycles. The number of rotatable bonds is 5. The Balaban J connectivity index is 3.59. The van der Waals surface area contributed by atoms with Crippen molar-refractivity contribution in [2.45, 2.75) is 33.3 Å². The van der Waals surface area contributed by atoms with E-state index < -0.39 is 44.5 Å². The summed E-state index contributed by atoms with van der Waals surface area (Å²) in [6.45, 7) is 4.54. The van der Waals surface area contributed by atoms with Gasteiger partial charge in [-0.15, -0.1) is 0 Å². The second-order valence-electron chi connectivity index (χ2n) is 4.85. The van der Waals surface area contributed by atoms with E-state index in [4.69, 9.17) is 0 Å². The molecule has 0 radical (unpaired) electrons. The summed E-state index contributed by atoms with van der Waals surface area (Å²) in [5.41, 5.74) is -2.92. The molecule has 0 bridgehead atoms. The van der Waals surface area contributed by atoms with E-state index >= 15 is 0 Å². The summed E-state index contributed by atoms with van der Waals surface area (Å²) >= 11 is 0. The van der Waals surface area contributed by atoms with Crippen molar-refractivity contribution in [2.24, 2.45) is 11.3 Å². The highest BCUT2D eigenvalue weighted by molar-refractivity contribution is 5.86. The average Bonchev–Trinajstić information content (AvgIpc) is 2.37. The fourth-order valence-corrected chi connectivity index (χ4v) is 2.49. The van der Waals surface area contributed by atoms with Crippen LogP contribution in [0, 0.1) is 31.6 Å². The second-order valence-corrected chi connectivity index (χ2v) is 4.85. The molecule has 1 aliphatic rings. The normalized spacial score (nSPS) is 27.3. The lowest BCUT2D eigenvalue weighted by Crippen LogP contribution is -2.49. The first-order chi connectivity index (χ1) is 9.18. The Morgan fingerprint density at radius 1 is 1.45 bits per heavy atom. The summed E-state index contributed by atoms with van der Waals surface area (Å²) < 4.78 is 0. The maximum absolute atomic E-state index is 12.0. The van der Waals surface area contributed by atoms with Gasteiger partial charge in [0.05, 0.1) is 21.3 Å². The van der Waals surface area contributed by atoms with Gasteiger partial charge in [-0.1, -0.05) is 20.3 Å². The van der Waals surface area contributed by atoms with Gasteiger partial charge >= 0.3 is 0 Å². The van der Waals surface area contributed by atoms with Gasteiger partial charge in [0.25, 0.3) is 11.4 Å². The summed E-state index contributed by atoms with van der Waals surface area (Å²) in [5, 5.41) is 32.1. The molecule has 0 fully saturated rings. The number of aliphatic hydroxyl groups excluding tert-OH is 1. The molecule has 8 heteroatoms. The molecule has 0 saturated carbocycles. The SMILES string of the molecule is CCC(C)C1(C(C)=O)C=C([N+](=O)[O-])C=C([N+](=O)[O-])C1O. The third kappa shape index (κ3) is 2.34. The zero-order chi connectivity index (χ0) is 15.7. The Bertz CT molecular complexity index is 524. The van der Waals surface area contributed by atoms with Gasteiger partial charge in [0.15, 0.2) is 6.10 Å². The van der Waals surface area contributed by atoms with Crippen LogP contribution in [-0.4, -0.2) is 26.8 Å². The Hall–Kier alpha value is -2.09. The summed E-state index contributed by atoms with van der Waals surface area (Å²) in [4.78, 5) is 32.2. The quantitative estimate of drug-likeness (QED) is 0.599. The maximum Gasteiger partial charge on any atom is 0.282 e. The van der Waals surface area contributed by atoms with Crippen molar-refractivity contribution in [2.75, 3.05) is 0 Å². The minimum atomic E-state index is -1.70. The van der Waals surface area contributed by atoms with Gasteiger partial charge in [0.2, 0.25) is 0 Å². The number of hydrogen-bond donors (Lipinski definition) is 1. The summed E-state index contributed by atoms with van der Waals surface area (Å²) in [6.07, 6.45) is 0.479. The number of aliphatic hydroxyl groups is 1. The van der Waals surface area contributed by atoms with Gasteiger partial charge in [-0.05, 0) is 12.8 Å². The van der Waals surface area contributed by atoms with E-state index in [0.29, 0.717) is 12.5 Å². The molecule has 3 atom stereocenters. The van der Waals surface area contributed by atoms with Gasteiger partial charge in [-0.2, -0.15) is 0 Å². The zero-order valence-corrected chi connectivity index (χ0v) is 11.4. The minimum Gasteiger partial charge on any atom is -0.380 e. The number of allylic oxidation sites excluding steroid dienone is 1. The van der Waals surface area contributed by atoms with Crippen LogP contribution in [0.15, 0.2) is 23.5 Å². The van der Waals surface area contributed by atoms with Crippen LogP contribution in [-0.2, 0) is 4.79 Å². The molecular formula is C12H16N2O6. The molecule has 8 nitrogen and oxygen atoms in total. The van der Waals surface area contributed by atoms with Crippen molar-refractivity contribution in [1.82, 2.24) is 0 Å². The van der Waals surface area contributed by atoms with Crippen molar-refractivity contribution in [3.63, 3.8) is 0 Å². The first-order valence-electron chi connectivity index (χ1n) is 6.10. The van der Waals surface area contributed by atoms with E-state index in [1.165, 1.54) is 6.92 Å². The highest BCUT2D eigenvalue weighted by Gasteiger charge is 2.54. The lowest BCUT2D eigenvalue weighted by atomic mass is 9.65. The molecular weight excluding hydrogens is 268 g/mol. The number of ketones is 1. The van der Waals surface area contributed by atoms with E-state index in [1.54, 1.807) is 13.8 Å². The molecule has 0 saturated heterocycles. The minimum absolute atomic E-state index is 0.434. The molecule has 0 aliphatic heterocycles. The molecule has 1 N–H and O–H groups in total. The molecule has 1 aliphatic carbocycles. The molecule has 20 heavy (non-hydrogen) atoms. The second kappa shape index (κ2) is 5.49. The van der Waals surface area contributed by atoms with Crippen molar-refractivity contribution < 1.29 is 19.7 Å². The first-order valence-corrected chi connectivity index (χ1v) is 6.10. The first kappa shape index (κ1) is 16.0.